The van der Waals surface area contributed by atoms with Crippen molar-refractivity contribution in [3.63, 3.8) is 0 Å². The van der Waals surface area contributed by atoms with Gasteiger partial charge in [-0.25, -0.2) is 4.68 Å². The van der Waals surface area contributed by atoms with Crippen molar-refractivity contribution in [2.75, 3.05) is 6.54 Å². The van der Waals surface area contributed by atoms with Crippen LogP contribution in [0.15, 0.2) is 18.3 Å². The molecule has 5 heteroatoms. The van der Waals surface area contributed by atoms with Crippen molar-refractivity contribution in [1.29, 1.82) is 0 Å². The standard InChI is InChI=1S/C19H30N4O/c1-13(2)8-16-9-15(5)10-18(14(3)4)19(16)24-12-17-11-21-22-23(17)7-6-20/h9-11,13-14H,6-8,12,20H2,1-5H3. The molecule has 1 heterocycles. The second-order valence-electron chi connectivity index (χ2n) is 7.12. The van der Waals surface area contributed by atoms with Gasteiger partial charge in [-0.2, -0.15) is 0 Å². The highest BCUT2D eigenvalue weighted by atomic mass is 16.5. The average Bonchev–Trinajstić information content (AvgIpc) is 2.92. The molecule has 1 aromatic carbocycles. The van der Waals surface area contributed by atoms with Gasteiger partial charge in [-0.05, 0) is 36.3 Å². The summed E-state index contributed by atoms with van der Waals surface area (Å²) < 4.78 is 8.09. The Morgan fingerprint density at radius 3 is 2.58 bits per heavy atom. The molecule has 0 fully saturated rings. The molecule has 0 aliphatic carbocycles. The molecule has 2 aromatic rings. The van der Waals surface area contributed by atoms with E-state index >= 15 is 0 Å². The predicted octanol–water partition coefficient (Wildman–Crippen LogP) is 3.45. The second-order valence-corrected chi connectivity index (χ2v) is 7.12. The van der Waals surface area contributed by atoms with E-state index in [0.717, 1.165) is 17.9 Å². The van der Waals surface area contributed by atoms with E-state index in [1.54, 1.807) is 6.20 Å². The van der Waals surface area contributed by atoms with Crippen molar-refractivity contribution in [2.24, 2.45) is 11.7 Å². The minimum atomic E-state index is 0.415. The number of rotatable bonds is 8. The smallest absolute Gasteiger partial charge is 0.132 e. The molecule has 5 nitrogen and oxygen atoms in total. The summed E-state index contributed by atoms with van der Waals surface area (Å²) >= 11 is 0. The SMILES string of the molecule is Cc1cc(CC(C)C)c(OCc2cnnn2CCN)c(C(C)C)c1. The molecule has 2 rings (SSSR count). The Labute approximate surface area is 145 Å². The predicted molar refractivity (Wildman–Crippen MR) is 97.2 cm³/mol. The largest absolute Gasteiger partial charge is 0.487 e. The molecule has 0 saturated heterocycles. The van der Waals surface area contributed by atoms with Gasteiger partial charge in [0.2, 0.25) is 0 Å². The van der Waals surface area contributed by atoms with Crippen molar-refractivity contribution >= 4 is 0 Å². The van der Waals surface area contributed by atoms with Gasteiger partial charge in [0.25, 0.3) is 0 Å². The Bertz CT molecular complexity index is 661. The van der Waals surface area contributed by atoms with E-state index in [4.69, 9.17) is 10.5 Å². The fourth-order valence-corrected chi connectivity index (χ4v) is 2.92. The Morgan fingerprint density at radius 2 is 1.96 bits per heavy atom. The second kappa shape index (κ2) is 8.29. The van der Waals surface area contributed by atoms with E-state index in [-0.39, 0.29) is 0 Å². The van der Waals surface area contributed by atoms with E-state index in [1.807, 2.05) is 4.68 Å². The lowest BCUT2D eigenvalue weighted by molar-refractivity contribution is 0.284. The monoisotopic (exact) mass is 330 g/mol. The molecule has 1 aromatic heterocycles. The first-order chi connectivity index (χ1) is 11.4. The van der Waals surface area contributed by atoms with Gasteiger partial charge in [0.15, 0.2) is 0 Å². The average molecular weight is 330 g/mol. The zero-order valence-corrected chi connectivity index (χ0v) is 15.5. The van der Waals surface area contributed by atoms with Crippen LogP contribution in [0.25, 0.3) is 0 Å². The van der Waals surface area contributed by atoms with Crippen molar-refractivity contribution in [2.45, 2.75) is 60.1 Å². The van der Waals surface area contributed by atoms with Crippen LogP contribution in [0, 0.1) is 12.8 Å². The van der Waals surface area contributed by atoms with E-state index in [1.165, 1.54) is 16.7 Å². The number of benzene rings is 1. The summed E-state index contributed by atoms with van der Waals surface area (Å²) in [5, 5.41) is 8.04. The number of nitrogens with two attached hydrogens (primary N) is 1. The Kier molecular flexibility index (Phi) is 6.37. The molecule has 0 aliphatic rings. The van der Waals surface area contributed by atoms with Crippen molar-refractivity contribution < 1.29 is 4.74 Å². The van der Waals surface area contributed by atoms with Gasteiger partial charge in [0.05, 0.1) is 18.4 Å². The molecule has 132 valence electrons. The number of ether oxygens (including phenoxy) is 1. The molecular weight excluding hydrogens is 300 g/mol. The van der Waals surface area contributed by atoms with Crippen molar-refractivity contribution in [3.05, 3.63) is 40.7 Å². The first kappa shape index (κ1) is 18.5. The zero-order valence-electron chi connectivity index (χ0n) is 15.5. The summed E-state index contributed by atoms with van der Waals surface area (Å²) in [5.74, 6) is 2.02. The maximum Gasteiger partial charge on any atom is 0.132 e. The highest BCUT2D eigenvalue weighted by molar-refractivity contribution is 5.46. The summed E-state index contributed by atoms with van der Waals surface area (Å²) in [4.78, 5) is 0. The highest BCUT2D eigenvalue weighted by Crippen LogP contribution is 2.33. The van der Waals surface area contributed by atoms with Crippen LogP contribution < -0.4 is 10.5 Å². The van der Waals surface area contributed by atoms with Crippen molar-refractivity contribution in [1.82, 2.24) is 15.0 Å². The third-order valence-electron chi connectivity index (χ3n) is 3.99. The molecule has 2 N–H and O–H groups in total. The third-order valence-corrected chi connectivity index (χ3v) is 3.99. The minimum Gasteiger partial charge on any atom is -0.487 e. The summed E-state index contributed by atoms with van der Waals surface area (Å²) in [6.45, 7) is 12.7. The van der Waals surface area contributed by atoms with E-state index in [9.17, 15) is 0 Å². The van der Waals surface area contributed by atoms with Crippen LogP contribution in [-0.2, 0) is 19.6 Å². The van der Waals surface area contributed by atoms with Gasteiger partial charge in [-0.1, -0.05) is 50.6 Å². The topological polar surface area (TPSA) is 66.0 Å². The first-order valence-corrected chi connectivity index (χ1v) is 8.76. The zero-order chi connectivity index (χ0) is 17.7. The normalized spacial score (nSPS) is 11.5. The van der Waals surface area contributed by atoms with Gasteiger partial charge in [0.1, 0.15) is 12.4 Å². The number of aryl methyl sites for hydroxylation is 1. The molecule has 0 amide bonds. The Balaban J connectivity index is 2.31. The lowest BCUT2D eigenvalue weighted by atomic mass is 9.92. The fourth-order valence-electron chi connectivity index (χ4n) is 2.92. The summed E-state index contributed by atoms with van der Waals surface area (Å²) in [6, 6.07) is 4.48. The number of hydrogen-bond donors (Lipinski definition) is 1. The minimum absolute atomic E-state index is 0.415. The Morgan fingerprint density at radius 1 is 1.21 bits per heavy atom. The molecular formula is C19H30N4O. The fraction of sp³-hybridized carbons (Fsp3) is 0.579. The van der Waals surface area contributed by atoms with E-state index in [2.05, 4.69) is 57.1 Å². The van der Waals surface area contributed by atoms with E-state index < -0.39 is 0 Å². The molecule has 0 radical (unpaired) electrons. The lowest BCUT2D eigenvalue weighted by Crippen LogP contribution is -2.15. The molecule has 24 heavy (non-hydrogen) atoms. The third kappa shape index (κ3) is 4.57. The van der Waals surface area contributed by atoms with Crippen LogP contribution in [-0.4, -0.2) is 21.5 Å². The molecule has 0 unspecified atom stereocenters. The highest BCUT2D eigenvalue weighted by Gasteiger charge is 2.16. The Hall–Kier alpha value is -1.88. The van der Waals surface area contributed by atoms with Crippen LogP contribution >= 0.6 is 0 Å². The van der Waals surface area contributed by atoms with Gasteiger partial charge in [0, 0.05) is 6.54 Å². The number of hydrogen-bond acceptors (Lipinski definition) is 4. The summed E-state index contributed by atoms with van der Waals surface area (Å²) in [6.07, 6.45) is 2.76. The molecule has 0 spiro atoms. The van der Waals surface area contributed by atoms with Crippen LogP contribution in [0.4, 0.5) is 0 Å². The van der Waals surface area contributed by atoms with Gasteiger partial charge >= 0.3 is 0 Å². The van der Waals surface area contributed by atoms with Crippen LogP contribution in [0.2, 0.25) is 0 Å². The molecule has 0 saturated carbocycles. The molecule has 0 bridgehead atoms. The quantitative estimate of drug-likeness (QED) is 0.805. The number of aromatic nitrogens is 3. The van der Waals surface area contributed by atoms with E-state index in [0.29, 0.717) is 31.5 Å². The van der Waals surface area contributed by atoms with Gasteiger partial charge < -0.3 is 10.5 Å². The van der Waals surface area contributed by atoms with Crippen molar-refractivity contribution in [3.8, 4) is 5.75 Å². The van der Waals surface area contributed by atoms with Crippen LogP contribution in [0.1, 0.15) is 56.0 Å². The van der Waals surface area contributed by atoms with Gasteiger partial charge in [-0.3, -0.25) is 0 Å². The summed E-state index contributed by atoms with van der Waals surface area (Å²) in [5.41, 5.74) is 10.4. The van der Waals surface area contributed by atoms with Crippen LogP contribution in [0.5, 0.6) is 5.75 Å². The van der Waals surface area contributed by atoms with Gasteiger partial charge in [-0.15, -0.1) is 5.10 Å². The maximum absolute atomic E-state index is 6.28. The molecule has 0 aliphatic heterocycles. The summed E-state index contributed by atoms with van der Waals surface area (Å²) in [7, 11) is 0. The molecule has 0 atom stereocenters. The first-order valence-electron chi connectivity index (χ1n) is 8.76. The maximum atomic E-state index is 6.28. The van der Waals surface area contributed by atoms with Crippen LogP contribution in [0.3, 0.4) is 0 Å². The lowest BCUT2D eigenvalue weighted by Gasteiger charge is -2.20. The number of nitrogens with zero attached hydrogens (tertiary/aromatic N) is 3.